The molecule has 9 nitrogen and oxygen atoms in total. The maximum Gasteiger partial charge on any atom is 0.128 e. The molecule has 1 aromatic carbocycles. The summed E-state index contributed by atoms with van der Waals surface area (Å²) in [7, 11) is 0. The molecule has 0 amide bonds. The van der Waals surface area contributed by atoms with Gasteiger partial charge in [-0.15, -0.1) is 0 Å². The Morgan fingerprint density at radius 1 is 0.886 bits per heavy atom. The monoisotopic (exact) mass is 470 g/mol. The fraction of sp³-hybridized carbons (Fsp3) is 0.346. The fourth-order valence-electron chi connectivity index (χ4n) is 4.72. The van der Waals surface area contributed by atoms with Crippen molar-refractivity contribution in [2.75, 3.05) is 67.6 Å². The van der Waals surface area contributed by atoms with E-state index in [-0.39, 0.29) is 0 Å². The van der Waals surface area contributed by atoms with Crippen LogP contribution in [0.2, 0.25) is 0 Å². The van der Waals surface area contributed by atoms with Crippen molar-refractivity contribution in [3.63, 3.8) is 0 Å². The van der Waals surface area contributed by atoms with Crippen molar-refractivity contribution in [1.29, 1.82) is 0 Å². The van der Waals surface area contributed by atoms with Crippen molar-refractivity contribution in [3.05, 3.63) is 60.7 Å². The third kappa shape index (κ3) is 4.78. The number of benzene rings is 1. The summed E-state index contributed by atoms with van der Waals surface area (Å²) in [6, 6.07) is 12.8. The first-order valence-electron chi connectivity index (χ1n) is 12.2. The standard InChI is InChI=1S/C26H30N8O/c1-3-24-23(14-19(1)20-13-22(17-28-15-20)33-9-11-35-12-10-33)25(32-31-24)18-29-21-2-4-26(30-16-21)34-7-5-27-6-8-34/h1-4,13-17,27,29H,5-12,18H2,(H,31,32). The van der Waals surface area contributed by atoms with Gasteiger partial charge >= 0.3 is 0 Å². The van der Waals surface area contributed by atoms with Crippen LogP contribution in [0.15, 0.2) is 55.0 Å². The summed E-state index contributed by atoms with van der Waals surface area (Å²) < 4.78 is 5.49. The van der Waals surface area contributed by atoms with Gasteiger partial charge in [-0.1, -0.05) is 6.07 Å². The van der Waals surface area contributed by atoms with E-state index in [0.29, 0.717) is 6.54 Å². The van der Waals surface area contributed by atoms with E-state index in [4.69, 9.17) is 4.74 Å². The highest BCUT2D eigenvalue weighted by Gasteiger charge is 2.14. The molecule has 9 heteroatoms. The van der Waals surface area contributed by atoms with E-state index < -0.39 is 0 Å². The molecular weight excluding hydrogens is 440 g/mol. The molecule has 2 saturated heterocycles. The summed E-state index contributed by atoms with van der Waals surface area (Å²) >= 11 is 0. The number of piperazine rings is 1. The van der Waals surface area contributed by atoms with Crippen LogP contribution >= 0.6 is 0 Å². The molecular formula is C26H30N8O. The number of fused-ring (bicyclic) bond motifs is 1. The summed E-state index contributed by atoms with van der Waals surface area (Å²) in [5.41, 5.74) is 6.36. The molecule has 35 heavy (non-hydrogen) atoms. The van der Waals surface area contributed by atoms with Crippen molar-refractivity contribution in [3.8, 4) is 11.1 Å². The van der Waals surface area contributed by atoms with E-state index >= 15 is 0 Å². The zero-order valence-electron chi connectivity index (χ0n) is 19.7. The van der Waals surface area contributed by atoms with Crippen LogP contribution in [0.5, 0.6) is 0 Å². The molecule has 0 spiro atoms. The van der Waals surface area contributed by atoms with Gasteiger partial charge in [0.05, 0.1) is 54.7 Å². The minimum absolute atomic E-state index is 0.640. The first-order valence-corrected chi connectivity index (χ1v) is 12.2. The molecule has 3 N–H and O–H groups in total. The van der Waals surface area contributed by atoms with Gasteiger partial charge in [-0.2, -0.15) is 5.10 Å². The number of anilines is 3. The van der Waals surface area contributed by atoms with E-state index in [1.807, 2.05) is 18.6 Å². The maximum atomic E-state index is 5.49. The molecule has 180 valence electrons. The minimum atomic E-state index is 0.640. The van der Waals surface area contributed by atoms with Gasteiger partial charge in [-0.3, -0.25) is 10.1 Å². The fourth-order valence-corrected chi connectivity index (χ4v) is 4.72. The van der Waals surface area contributed by atoms with Crippen molar-refractivity contribution in [1.82, 2.24) is 25.5 Å². The van der Waals surface area contributed by atoms with Crippen LogP contribution in [-0.2, 0) is 11.3 Å². The average Bonchev–Trinajstić information content (AvgIpc) is 3.35. The molecule has 0 unspecified atom stereocenters. The number of H-pyrrole nitrogens is 1. The highest BCUT2D eigenvalue weighted by Crippen LogP contribution is 2.28. The van der Waals surface area contributed by atoms with Crippen LogP contribution in [0.1, 0.15) is 5.69 Å². The normalized spacial score (nSPS) is 16.6. The van der Waals surface area contributed by atoms with Crippen molar-refractivity contribution >= 4 is 28.1 Å². The molecule has 4 aromatic rings. The lowest BCUT2D eigenvalue weighted by atomic mass is 10.0. The number of ether oxygens (including phenoxy) is 1. The molecule has 0 radical (unpaired) electrons. The van der Waals surface area contributed by atoms with Gasteiger partial charge in [0, 0.05) is 56.4 Å². The van der Waals surface area contributed by atoms with Crippen LogP contribution in [0, 0.1) is 0 Å². The summed E-state index contributed by atoms with van der Waals surface area (Å²) in [5, 5.41) is 15.7. The molecule has 0 bridgehead atoms. The third-order valence-electron chi connectivity index (χ3n) is 6.72. The van der Waals surface area contributed by atoms with E-state index in [2.05, 4.69) is 77.0 Å². The van der Waals surface area contributed by atoms with Crippen LogP contribution < -0.4 is 20.4 Å². The Kier molecular flexibility index (Phi) is 6.17. The van der Waals surface area contributed by atoms with Crippen molar-refractivity contribution < 1.29 is 4.74 Å². The molecule has 6 rings (SSSR count). The number of hydrogen-bond acceptors (Lipinski definition) is 8. The zero-order chi connectivity index (χ0) is 23.5. The molecule has 5 heterocycles. The van der Waals surface area contributed by atoms with Gasteiger partial charge in [0.25, 0.3) is 0 Å². The smallest absolute Gasteiger partial charge is 0.128 e. The Hall–Kier alpha value is -3.69. The Balaban J connectivity index is 1.18. The number of nitrogens with one attached hydrogen (secondary N) is 3. The number of aromatic nitrogens is 4. The van der Waals surface area contributed by atoms with Crippen LogP contribution in [0.4, 0.5) is 17.2 Å². The topological polar surface area (TPSA) is 94.2 Å². The number of pyridine rings is 2. The van der Waals surface area contributed by atoms with E-state index in [0.717, 1.165) is 97.4 Å². The summed E-state index contributed by atoms with van der Waals surface area (Å²) in [4.78, 5) is 13.8. The van der Waals surface area contributed by atoms with Crippen LogP contribution in [-0.4, -0.2) is 72.6 Å². The van der Waals surface area contributed by atoms with Gasteiger partial charge in [0.2, 0.25) is 0 Å². The molecule has 0 saturated carbocycles. The molecule has 2 fully saturated rings. The second-order valence-corrected chi connectivity index (χ2v) is 8.96. The van der Waals surface area contributed by atoms with Crippen LogP contribution in [0.3, 0.4) is 0 Å². The highest BCUT2D eigenvalue weighted by molar-refractivity contribution is 5.87. The quantitative estimate of drug-likeness (QED) is 0.396. The van der Waals surface area contributed by atoms with Crippen LogP contribution in [0.25, 0.3) is 22.0 Å². The zero-order valence-corrected chi connectivity index (χ0v) is 19.7. The van der Waals surface area contributed by atoms with E-state index in [9.17, 15) is 0 Å². The minimum Gasteiger partial charge on any atom is -0.378 e. The molecule has 2 aliphatic heterocycles. The molecule has 3 aromatic heterocycles. The summed E-state index contributed by atoms with van der Waals surface area (Å²) in [6.45, 7) is 7.94. The Labute approximate surface area is 204 Å². The lowest BCUT2D eigenvalue weighted by Gasteiger charge is -2.28. The first-order chi connectivity index (χ1) is 17.3. The summed E-state index contributed by atoms with van der Waals surface area (Å²) in [5.74, 6) is 1.03. The maximum absolute atomic E-state index is 5.49. The Morgan fingerprint density at radius 2 is 1.77 bits per heavy atom. The van der Waals surface area contributed by atoms with Crippen molar-refractivity contribution in [2.45, 2.75) is 6.54 Å². The second kappa shape index (κ2) is 9.89. The number of rotatable bonds is 6. The Morgan fingerprint density at radius 3 is 2.60 bits per heavy atom. The molecule has 0 aliphatic carbocycles. The van der Waals surface area contributed by atoms with Gasteiger partial charge in [0.15, 0.2) is 0 Å². The Bertz CT molecular complexity index is 1280. The predicted molar refractivity (Wildman–Crippen MR) is 139 cm³/mol. The number of hydrogen-bond donors (Lipinski definition) is 3. The lowest BCUT2D eigenvalue weighted by molar-refractivity contribution is 0.122. The van der Waals surface area contributed by atoms with Gasteiger partial charge in [-0.25, -0.2) is 4.98 Å². The largest absolute Gasteiger partial charge is 0.378 e. The average molecular weight is 471 g/mol. The van der Waals surface area contributed by atoms with Crippen molar-refractivity contribution in [2.24, 2.45) is 0 Å². The van der Waals surface area contributed by atoms with Gasteiger partial charge in [-0.05, 0) is 35.9 Å². The third-order valence-corrected chi connectivity index (χ3v) is 6.72. The number of nitrogens with zero attached hydrogens (tertiary/aromatic N) is 5. The van der Waals surface area contributed by atoms with Gasteiger partial charge in [0.1, 0.15) is 5.82 Å². The van der Waals surface area contributed by atoms with Gasteiger partial charge < -0.3 is 25.2 Å². The molecule has 2 aliphatic rings. The highest BCUT2D eigenvalue weighted by atomic mass is 16.5. The lowest BCUT2D eigenvalue weighted by Crippen LogP contribution is -2.43. The second-order valence-electron chi connectivity index (χ2n) is 8.96. The number of aromatic amines is 1. The molecule has 0 atom stereocenters. The van der Waals surface area contributed by atoms with E-state index in [1.54, 1.807) is 0 Å². The first kappa shape index (κ1) is 21.8. The number of morpholine rings is 1. The predicted octanol–water partition coefficient (Wildman–Crippen LogP) is 2.88. The summed E-state index contributed by atoms with van der Waals surface area (Å²) in [6.07, 6.45) is 5.76. The van der Waals surface area contributed by atoms with E-state index in [1.165, 1.54) is 0 Å². The SMILES string of the molecule is c1cc(N2CCNCC2)ncc1NCc1[nH]nc2ccc(-c3cncc(N4CCOCC4)c3)cc12.